The van der Waals surface area contributed by atoms with Crippen molar-refractivity contribution in [3.63, 3.8) is 0 Å². The summed E-state index contributed by atoms with van der Waals surface area (Å²) in [7, 11) is 0. The quantitative estimate of drug-likeness (QED) is 0.252. The van der Waals surface area contributed by atoms with Gasteiger partial charge < -0.3 is 19.9 Å². The van der Waals surface area contributed by atoms with Gasteiger partial charge >= 0.3 is 5.97 Å². The van der Waals surface area contributed by atoms with Gasteiger partial charge in [0.2, 0.25) is 16.5 Å². The van der Waals surface area contributed by atoms with Crippen LogP contribution in [0.2, 0.25) is 10.6 Å². The van der Waals surface area contributed by atoms with Gasteiger partial charge in [-0.1, -0.05) is 6.07 Å². The lowest BCUT2D eigenvalue weighted by Crippen LogP contribution is -2.05. The molecule has 12 heteroatoms. The third-order valence-corrected chi connectivity index (χ3v) is 5.37. The van der Waals surface area contributed by atoms with Crippen molar-refractivity contribution in [1.29, 1.82) is 0 Å². The lowest BCUT2D eigenvalue weighted by Gasteiger charge is -2.17. The molecule has 0 fully saturated rings. The number of phenolic OH excluding ortho intramolecular Hbond substituents is 1. The van der Waals surface area contributed by atoms with Gasteiger partial charge in [0.25, 0.3) is 0 Å². The highest BCUT2D eigenvalue weighted by Crippen LogP contribution is 2.42. The van der Waals surface area contributed by atoms with Crippen LogP contribution in [-0.2, 0) is 0 Å². The molecule has 0 bridgehead atoms. The van der Waals surface area contributed by atoms with Crippen LogP contribution in [0.4, 0.5) is 11.6 Å². The number of nitrogens with one attached hydrogen (secondary N) is 1. The molecule has 1 aliphatic heterocycles. The minimum Gasteiger partial charge on any atom is -0.508 e. The number of aromatic carboxylic acids is 1. The maximum absolute atomic E-state index is 12.3. The lowest BCUT2D eigenvalue weighted by molar-refractivity contribution is 0.0697. The molecule has 0 spiro atoms. The SMILES string of the molecule is Cl.O=C(O)c1cc(Nc2nc(Cl)nc(Cl)n2)ccc1-c1c2ccc(=O)cc-2oc2cc(O)ccc12. The van der Waals surface area contributed by atoms with E-state index in [1.807, 2.05) is 0 Å². The first-order valence-electron chi connectivity index (χ1n) is 9.70. The van der Waals surface area contributed by atoms with Gasteiger partial charge in [0, 0.05) is 34.3 Å². The molecule has 1 aromatic heterocycles. The van der Waals surface area contributed by atoms with Crippen molar-refractivity contribution in [3.8, 4) is 28.2 Å². The largest absolute Gasteiger partial charge is 0.508 e. The maximum Gasteiger partial charge on any atom is 0.336 e. The molecule has 0 saturated carbocycles. The fraction of sp³-hybridized carbons (Fsp3) is 0. The molecule has 3 aromatic rings. The molecule has 5 rings (SSSR count). The van der Waals surface area contributed by atoms with Crippen LogP contribution < -0.4 is 10.7 Å². The number of fused-ring (bicyclic) bond motifs is 2. The first kappa shape index (κ1) is 24.2. The van der Waals surface area contributed by atoms with Gasteiger partial charge in [-0.2, -0.15) is 15.0 Å². The van der Waals surface area contributed by atoms with Crippen LogP contribution in [0.5, 0.6) is 5.75 Å². The van der Waals surface area contributed by atoms with Crippen molar-refractivity contribution in [2.24, 2.45) is 0 Å². The predicted molar refractivity (Wildman–Crippen MR) is 134 cm³/mol. The van der Waals surface area contributed by atoms with Gasteiger partial charge in [-0.05, 0) is 65.2 Å². The van der Waals surface area contributed by atoms with E-state index in [1.165, 1.54) is 30.3 Å². The molecule has 1 aliphatic carbocycles. The second kappa shape index (κ2) is 9.38. The number of rotatable bonds is 4. The zero-order valence-corrected chi connectivity index (χ0v) is 19.6. The average molecular weight is 532 g/mol. The Labute approximate surface area is 212 Å². The van der Waals surface area contributed by atoms with Crippen LogP contribution in [-0.4, -0.2) is 31.1 Å². The number of halogens is 3. The normalized spacial score (nSPS) is 10.8. The van der Waals surface area contributed by atoms with Crippen molar-refractivity contribution < 1.29 is 19.4 Å². The van der Waals surface area contributed by atoms with E-state index in [2.05, 4.69) is 20.3 Å². The van der Waals surface area contributed by atoms with E-state index in [4.69, 9.17) is 27.6 Å². The van der Waals surface area contributed by atoms with Crippen LogP contribution in [0, 0.1) is 0 Å². The minimum absolute atomic E-state index is 0. The van der Waals surface area contributed by atoms with Gasteiger partial charge in [0.1, 0.15) is 17.1 Å². The van der Waals surface area contributed by atoms with Crippen molar-refractivity contribution in [2.75, 3.05) is 5.32 Å². The highest BCUT2D eigenvalue weighted by atomic mass is 35.5. The third kappa shape index (κ3) is 4.69. The van der Waals surface area contributed by atoms with Gasteiger partial charge in [-0.3, -0.25) is 4.79 Å². The number of benzene rings is 3. The standard InChI is InChI=1S/C23H12Cl2N4O5.ClH/c24-21-27-22(25)29-23(28-21)26-10-1-4-13(16(7-10)20(32)33)19-14-5-2-11(30)8-17(14)34-18-9-12(31)3-6-15(18)19;/h1-9,30H,(H,32,33)(H,26,27,28,29);1H. The van der Waals surface area contributed by atoms with E-state index in [-0.39, 0.29) is 51.4 Å². The maximum atomic E-state index is 12.3. The summed E-state index contributed by atoms with van der Waals surface area (Å²) in [6, 6.07) is 13.4. The highest BCUT2D eigenvalue weighted by Gasteiger charge is 2.22. The number of aromatic hydroxyl groups is 1. The van der Waals surface area contributed by atoms with E-state index >= 15 is 0 Å². The fourth-order valence-corrected chi connectivity index (χ4v) is 4.04. The van der Waals surface area contributed by atoms with E-state index in [0.717, 1.165) is 0 Å². The molecule has 0 atom stereocenters. The number of hydrogen-bond acceptors (Lipinski definition) is 8. The van der Waals surface area contributed by atoms with Crippen LogP contribution in [0.1, 0.15) is 10.4 Å². The topological polar surface area (TPSA) is 138 Å². The second-order valence-corrected chi connectivity index (χ2v) is 7.88. The molecule has 0 amide bonds. The molecule has 9 nitrogen and oxygen atoms in total. The molecule has 35 heavy (non-hydrogen) atoms. The number of phenols is 1. The summed E-state index contributed by atoms with van der Waals surface area (Å²) in [5.41, 5.74) is 1.80. The summed E-state index contributed by atoms with van der Waals surface area (Å²) in [4.78, 5) is 35.7. The van der Waals surface area contributed by atoms with Crippen molar-refractivity contribution in [1.82, 2.24) is 15.0 Å². The Balaban J connectivity index is 0.00000289. The Morgan fingerprint density at radius 2 is 1.63 bits per heavy atom. The lowest BCUT2D eigenvalue weighted by atomic mass is 9.90. The van der Waals surface area contributed by atoms with Crippen LogP contribution >= 0.6 is 35.6 Å². The molecule has 0 unspecified atom stereocenters. The van der Waals surface area contributed by atoms with Crippen LogP contribution in [0.3, 0.4) is 0 Å². The summed E-state index contributed by atoms with van der Waals surface area (Å²) in [5, 5.41) is 23.1. The van der Waals surface area contributed by atoms with Crippen molar-refractivity contribution in [2.45, 2.75) is 0 Å². The van der Waals surface area contributed by atoms with Crippen molar-refractivity contribution in [3.05, 3.63) is 81.0 Å². The van der Waals surface area contributed by atoms with Gasteiger partial charge in [-0.15, -0.1) is 12.4 Å². The summed E-state index contributed by atoms with van der Waals surface area (Å²) in [5.74, 6) is -0.922. The molecule has 0 saturated heterocycles. The van der Waals surface area contributed by atoms with E-state index < -0.39 is 5.97 Å². The molecule has 0 radical (unpaired) electrons. The molecule has 2 heterocycles. The highest BCUT2D eigenvalue weighted by molar-refractivity contribution is 6.31. The zero-order chi connectivity index (χ0) is 24.0. The molecular formula is C23H13Cl3N4O5. The number of carbonyl (C=O) groups is 1. The smallest absolute Gasteiger partial charge is 0.336 e. The number of carboxylic acid groups (broad SMARTS) is 1. The minimum atomic E-state index is -1.19. The third-order valence-electron chi connectivity index (χ3n) is 5.03. The summed E-state index contributed by atoms with van der Waals surface area (Å²) in [6.07, 6.45) is 0. The monoisotopic (exact) mass is 530 g/mol. The number of anilines is 2. The Hall–Kier alpha value is -3.92. The first-order valence-corrected chi connectivity index (χ1v) is 10.5. The molecule has 176 valence electrons. The summed E-state index contributed by atoms with van der Waals surface area (Å²) < 4.78 is 5.83. The zero-order valence-electron chi connectivity index (χ0n) is 17.3. The van der Waals surface area contributed by atoms with E-state index in [1.54, 1.807) is 24.3 Å². The van der Waals surface area contributed by atoms with E-state index in [0.29, 0.717) is 33.3 Å². The van der Waals surface area contributed by atoms with Crippen LogP contribution in [0.15, 0.2) is 63.8 Å². The first-order chi connectivity index (χ1) is 16.3. The predicted octanol–water partition coefficient (Wildman–Crippen LogP) is 5.63. The Morgan fingerprint density at radius 3 is 2.34 bits per heavy atom. The molecule has 3 N–H and O–H groups in total. The molecule has 2 aromatic carbocycles. The van der Waals surface area contributed by atoms with Gasteiger partial charge in [-0.25, -0.2) is 4.79 Å². The van der Waals surface area contributed by atoms with Gasteiger partial charge in [0.05, 0.1) is 5.56 Å². The fourth-order valence-electron chi connectivity index (χ4n) is 3.68. The second-order valence-electron chi connectivity index (χ2n) is 7.20. The van der Waals surface area contributed by atoms with Crippen molar-refractivity contribution >= 4 is 64.2 Å². The van der Waals surface area contributed by atoms with Gasteiger partial charge in [0.15, 0.2) is 5.43 Å². The Kier molecular flexibility index (Phi) is 6.49. The molecular weight excluding hydrogens is 519 g/mol. The number of hydrogen-bond donors (Lipinski definition) is 3. The Morgan fingerprint density at radius 1 is 0.914 bits per heavy atom. The number of aromatic nitrogens is 3. The van der Waals surface area contributed by atoms with Crippen LogP contribution in [0.25, 0.3) is 33.4 Å². The molecule has 2 aliphatic rings. The number of nitrogens with zero attached hydrogens (tertiary/aromatic N) is 3. The Bertz CT molecular complexity index is 1620. The number of carboxylic acids is 1. The summed E-state index contributed by atoms with van der Waals surface area (Å²) in [6.45, 7) is 0. The summed E-state index contributed by atoms with van der Waals surface area (Å²) >= 11 is 11.6. The average Bonchev–Trinajstić information content (AvgIpc) is 2.76. The van der Waals surface area contributed by atoms with E-state index in [9.17, 15) is 19.8 Å².